The van der Waals surface area contributed by atoms with Crippen molar-refractivity contribution in [3.63, 3.8) is 0 Å². The van der Waals surface area contributed by atoms with Gasteiger partial charge < -0.3 is 14.2 Å². The van der Waals surface area contributed by atoms with E-state index in [9.17, 15) is 4.79 Å². The minimum atomic E-state index is 0.141. The van der Waals surface area contributed by atoms with Crippen molar-refractivity contribution < 1.29 is 9.21 Å². The van der Waals surface area contributed by atoms with E-state index in [4.69, 9.17) is 4.42 Å². The number of piperazine rings is 1. The standard InChI is InChI=1S/C21H22N4O2/c26-20(25-15-13-24(14-16-25)18-9-5-2-6-10-18)12-11-19-22-23-21(27-19)17-7-3-1-4-8-17/h1-10H,11-16H2. The van der Waals surface area contributed by atoms with Gasteiger partial charge in [-0.15, -0.1) is 10.2 Å². The molecule has 1 saturated heterocycles. The van der Waals surface area contributed by atoms with Crippen molar-refractivity contribution >= 4 is 11.6 Å². The van der Waals surface area contributed by atoms with Gasteiger partial charge in [-0.1, -0.05) is 36.4 Å². The minimum Gasteiger partial charge on any atom is -0.421 e. The highest BCUT2D eigenvalue weighted by atomic mass is 16.4. The summed E-state index contributed by atoms with van der Waals surface area (Å²) in [7, 11) is 0. The first-order valence-electron chi connectivity index (χ1n) is 9.25. The molecular formula is C21H22N4O2. The number of amides is 1. The molecule has 2 heterocycles. The van der Waals surface area contributed by atoms with Crippen LogP contribution >= 0.6 is 0 Å². The summed E-state index contributed by atoms with van der Waals surface area (Å²) in [6.45, 7) is 3.20. The van der Waals surface area contributed by atoms with E-state index in [-0.39, 0.29) is 5.91 Å². The van der Waals surface area contributed by atoms with Crippen molar-refractivity contribution in [1.29, 1.82) is 0 Å². The lowest BCUT2D eigenvalue weighted by atomic mass is 10.2. The molecule has 0 bridgehead atoms. The summed E-state index contributed by atoms with van der Waals surface area (Å²) in [5.74, 6) is 1.14. The van der Waals surface area contributed by atoms with Gasteiger partial charge in [0.05, 0.1) is 0 Å². The minimum absolute atomic E-state index is 0.141. The van der Waals surface area contributed by atoms with Gasteiger partial charge in [-0.2, -0.15) is 0 Å². The number of rotatable bonds is 5. The van der Waals surface area contributed by atoms with Gasteiger partial charge in [0.2, 0.25) is 17.7 Å². The van der Waals surface area contributed by atoms with Gasteiger partial charge in [-0.05, 0) is 24.3 Å². The van der Waals surface area contributed by atoms with Crippen LogP contribution in [0.4, 0.5) is 5.69 Å². The normalized spacial score (nSPS) is 14.4. The number of carbonyl (C=O) groups is 1. The maximum Gasteiger partial charge on any atom is 0.247 e. The predicted octanol–water partition coefficient (Wildman–Crippen LogP) is 3.02. The number of para-hydroxylation sites is 1. The van der Waals surface area contributed by atoms with Crippen LogP contribution in [0.2, 0.25) is 0 Å². The summed E-state index contributed by atoms with van der Waals surface area (Å²) < 4.78 is 5.68. The van der Waals surface area contributed by atoms with Gasteiger partial charge in [-0.25, -0.2) is 0 Å². The number of aromatic nitrogens is 2. The molecule has 0 unspecified atom stereocenters. The van der Waals surface area contributed by atoms with Gasteiger partial charge in [-0.3, -0.25) is 4.79 Å². The third kappa shape index (κ3) is 4.16. The Morgan fingerprint density at radius 3 is 2.26 bits per heavy atom. The summed E-state index contributed by atoms with van der Waals surface area (Å²) in [4.78, 5) is 16.7. The Kier molecular flexibility index (Phi) is 5.14. The summed E-state index contributed by atoms with van der Waals surface area (Å²) >= 11 is 0. The first kappa shape index (κ1) is 17.3. The first-order chi connectivity index (χ1) is 13.3. The van der Waals surface area contributed by atoms with E-state index in [1.54, 1.807) is 0 Å². The molecule has 1 fully saturated rings. The molecule has 1 aliphatic heterocycles. The SMILES string of the molecule is O=C(CCc1nnc(-c2ccccc2)o1)N1CCN(c2ccccc2)CC1. The molecule has 1 aromatic heterocycles. The van der Waals surface area contributed by atoms with Crippen molar-refractivity contribution in [2.24, 2.45) is 0 Å². The average Bonchev–Trinajstić information content (AvgIpc) is 3.22. The van der Waals surface area contributed by atoms with E-state index >= 15 is 0 Å². The fourth-order valence-corrected chi connectivity index (χ4v) is 3.28. The van der Waals surface area contributed by atoms with Crippen LogP contribution in [0.3, 0.4) is 0 Å². The molecule has 3 aromatic rings. The van der Waals surface area contributed by atoms with Crippen LogP contribution < -0.4 is 4.90 Å². The summed E-state index contributed by atoms with van der Waals surface area (Å²) in [6, 6.07) is 20.0. The zero-order valence-electron chi connectivity index (χ0n) is 15.1. The van der Waals surface area contributed by atoms with E-state index in [1.165, 1.54) is 5.69 Å². The Bertz CT molecular complexity index is 871. The van der Waals surface area contributed by atoms with Crippen molar-refractivity contribution in [3.8, 4) is 11.5 Å². The van der Waals surface area contributed by atoms with Crippen LogP contribution in [-0.2, 0) is 11.2 Å². The molecule has 0 N–H and O–H groups in total. The molecule has 6 heteroatoms. The van der Waals surface area contributed by atoms with E-state index in [2.05, 4.69) is 27.2 Å². The van der Waals surface area contributed by atoms with Crippen LogP contribution in [0, 0.1) is 0 Å². The number of benzene rings is 2. The predicted molar refractivity (Wildman–Crippen MR) is 103 cm³/mol. The lowest BCUT2D eigenvalue weighted by molar-refractivity contribution is -0.131. The molecule has 4 rings (SSSR count). The summed E-state index contributed by atoms with van der Waals surface area (Å²) in [5.41, 5.74) is 2.10. The van der Waals surface area contributed by atoms with Crippen LogP contribution in [-0.4, -0.2) is 47.2 Å². The largest absolute Gasteiger partial charge is 0.421 e. The molecule has 27 heavy (non-hydrogen) atoms. The van der Waals surface area contributed by atoms with E-state index in [0.29, 0.717) is 24.6 Å². The Labute approximate surface area is 158 Å². The van der Waals surface area contributed by atoms with Crippen LogP contribution in [0.25, 0.3) is 11.5 Å². The molecule has 0 atom stereocenters. The van der Waals surface area contributed by atoms with Crippen LogP contribution in [0.5, 0.6) is 0 Å². The highest BCUT2D eigenvalue weighted by Gasteiger charge is 2.21. The summed E-state index contributed by atoms with van der Waals surface area (Å²) in [5, 5.41) is 8.14. The molecule has 0 radical (unpaired) electrons. The quantitative estimate of drug-likeness (QED) is 0.698. The van der Waals surface area contributed by atoms with Gasteiger partial charge in [0.15, 0.2) is 0 Å². The lowest BCUT2D eigenvalue weighted by Crippen LogP contribution is -2.48. The number of aryl methyl sites for hydroxylation is 1. The molecule has 6 nitrogen and oxygen atoms in total. The van der Waals surface area contributed by atoms with E-state index in [1.807, 2.05) is 53.4 Å². The maximum atomic E-state index is 12.5. The molecule has 138 valence electrons. The maximum absolute atomic E-state index is 12.5. The monoisotopic (exact) mass is 362 g/mol. The number of hydrogen-bond acceptors (Lipinski definition) is 5. The van der Waals surface area contributed by atoms with Gasteiger partial charge >= 0.3 is 0 Å². The number of nitrogens with zero attached hydrogens (tertiary/aromatic N) is 4. The third-order valence-corrected chi connectivity index (χ3v) is 4.79. The fraction of sp³-hybridized carbons (Fsp3) is 0.286. The van der Waals surface area contributed by atoms with Crippen molar-refractivity contribution in [1.82, 2.24) is 15.1 Å². The number of carbonyl (C=O) groups excluding carboxylic acids is 1. The lowest BCUT2D eigenvalue weighted by Gasteiger charge is -2.36. The second-order valence-corrected chi connectivity index (χ2v) is 6.57. The van der Waals surface area contributed by atoms with Crippen molar-refractivity contribution in [2.45, 2.75) is 12.8 Å². The molecule has 0 saturated carbocycles. The molecule has 2 aromatic carbocycles. The van der Waals surface area contributed by atoms with Gasteiger partial charge in [0, 0.05) is 50.3 Å². The second kappa shape index (κ2) is 8.03. The van der Waals surface area contributed by atoms with Crippen LogP contribution in [0.1, 0.15) is 12.3 Å². The zero-order valence-corrected chi connectivity index (χ0v) is 15.1. The van der Waals surface area contributed by atoms with E-state index in [0.717, 1.165) is 31.7 Å². The number of hydrogen-bond donors (Lipinski definition) is 0. The fourth-order valence-electron chi connectivity index (χ4n) is 3.28. The molecule has 1 amide bonds. The molecule has 1 aliphatic rings. The molecule has 0 spiro atoms. The van der Waals surface area contributed by atoms with Crippen LogP contribution in [0.15, 0.2) is 65.1 Å². The van der Waals surface area contributed by atoms with Crippen molar-refractivity contribution in [3.05, 3.63) is 66.6 Å². The Morgan fingerprint density at radius 1 is 0.889 bits per heavy atom. The smallest absolute Gasteiger partial charge is 0.247 e. The highest BCUT2D eigenvalue weighted by Crippen LogP contribution is 2.19. The Balaban J connectivity index is 1.27. The first-order valence-corrected chi connectivity index (χ1v) is 9.25. The summed E-state index contributed by atoms with van der Waals surface area (Å²) in [6.07, 6.45) is 0.860. The molecule has 0 aliphatic carbocycles. The van der Waals surface area contributed by atoms with Gasteiger partial charge in [0.25, 0.3) is 0 Å². The Hall–Kier alpha value is -3.15. The average molecular weight is 362 g/mol. The number of anilines is 1. The highest BCUT2D eigenvalue weighted by molar-refractivity contribution is 5.76. The second-order valence-electron chi connectivity index (χ2n) is 6.57. The Morgan fingerprint density at radius 2 is 1.56 bits per heavy atom. The topological polar surface area (TPSA) is 62.5 Å². The van der Waals surface area contributed by atoms with E-state index < -0.39 is 0 Å². The third-order valence-electron chi connectivity index (χ3n) is 4.79. The molecular weight excluding hydrogens is 340 g/mol. The van der Waals surface area contributed by atoms with Gasteiger partial charge in [0.1, 0.15) is 0 Å². The van der Waals surface area contributed by atoms with Crippen molar-refractivity contribution in [2.75, 3.05) is 31.1 Å². The zero-order chi connectivity index (χ0) is 18.5.